The molecule has 2 aliphatic rings. The first-order valence-corrected chi connectivity index (χ1v) is 10.3. The minimum atomic E-state index is 0. The quantitative estimate of drug-likeness (QED) is 0.302. The number of nitrogens with one attached hydrogen (secondary N) is 2. The highest BCUT2D eigenvalue weighted by Gasteiger charge is 2.59. The molecule has 1 saturated carbocycles. The molecule has 154 valence electrons. The van der Waals surface area contributed by atoms with E-state index in [1.165, 1.54) is 25.8 Å². The third kappa shape index (κ3) is 5.71. The van der Waals surface area contributed by atoms with Gasteiger partial charge in [0.05, 0.1) is 6.10 Å². The van der Waals surface area contributed by atoms with Crippen molar-refractivity contribution in [2.45, 2.75) is 79.0 Å². The summed E-state index contributed by atoms with van der Waals surface area (Å²) in [4.78, 5) is 7.17. The predicted octanol–water partition coefficient (Wildman–Crippen LogP) is 3.48. The first-order valence-electron chi connectivity index (χ1n) is 10.3. The number of guanidine groups is 1. The number of ether oxygens (including phenoxy) is 1. The van der Waals surface area contributed by atoms with Crippen LogP contribution in [0.1, 0.15) is 60.8 Å². The predicted molar refractivity (Wildman–Crippen MR) is 122 cm³/mol. The number of halogens is 1. The molecule has 0 amide bonds. The van der Waals surface area contributed by atoms with E-state index < -0.39 is 0 Å². The number of nitrogens with zero attached hydrogens (tertiary/aromatic N) is 2. The van der Waals surface area contributed by atoms with Gasteiger partial charge in [-0.2, -0.15) is 0 Å². The Bertz CT molecular complexity index is 440. The number of aliphatic imine (C=N–C) groups is 1. The normalized spacial score (nSPS) is 28.1. The largest absolute Gasteiger partial charge is 0.377 e. The van der Waals surface area contributed by atoms with Crippen LogP contribution in [0, 0.1) is 11.3 Å². The van der Waals surface area contributed by atoms with E-state index in [-0.39, 0.29) is 29.4 Å². The molecule has 5 nitrogen and oxygen atoms in total. The second kappa shape index (κ2) is 11.1. The van der Waals surface area contributed by atoms with Crippen LogP contribution in [0.5, 0.6) is 0 Å². The average molecular weight is 480 g/mol. The van der Waals surface area contributed by atoms with Crippen LogP contribution in [-0.2, 0) is 4.74 Å². The van der Waals surface area contributed by atoms with E-state index in [1.807, 2.05) is 0 Å². The Kier molecular flexibility index (Phi) is 10.2. The molecule has 26 heavy (non-hydrogen) atoms. The van der Waals surface area contributed by atoms with Crippen LogP contribution in [0.4, 0.5) is 0 Å². The maximum atomic E-state index is 5.91. The van der Waals surface area contributed by atoms with Crippen LogP contribution >= 0.6 is 24.0 Å². The summed E-state index contributed by atoms with van der Waals surface area (Å²) >= 11 is 0. The van der Waals surface area contributed by atoms with Gasteiger partial charge in [0.25, 0.3) is 0 Å². The summed E-state index contributed by atoms with van der Waals surface area (Å²) in [5.74, 6) is 1.61. The highest BCUT2D eigenvalue weighted by molar-refractivity contribution is 14.0. The van der Waals surface area contributed by atoms with Gasteiger partial charge in [0.2, 0.25) is 0 Å². The highest BCUT2D eigenvalue weighted by Crippen LogP contribution is 2.52. The molecule has 0 spiro atoms. The molecule has 4 atom stereocenters. The van der Waals surface area contributed by atoms with Crippen molar-refractivity contribution in [3.63, 3.8) is 0 Å². The lowest BCUT2D eigenvalue weighted by atomic mass is 9.57. The van der Waals surface area contributed by atoms with E-state index in [9.17, 15) is 0 Å². The third-order valence-corrected chi connectivity index (χ3v) is 6.10. The Balaban J connectivity index is 0.00000338. The molecule has 1 saturated heterocycles. The Labute approximate surface area is 178 Å². The minimum absolute atomic E-state index is 0. The monoisotopic (exact) mass is 480 g/mol. The summed E-state index contributed by atoms with van der Waals surface area (Å²) in [5.41, 5.74) is 0.184. The fourth-order valence-electron chi connectivity index (χ4n) is 4.52. The highest BCUT2D eigenvalue weighted by atomic mass is 127. The van der Waals surface area contributed by atoms with E-state index in [4.69, 9.17) is 4.74 Å². The van der Waals surface area contributed by atoms with Crippen LogP contribution in [0.15, 0.2) is 4.99 Å². The van der Waals surface area contributed by atoms with Crippen molar-refractivity contribution in [2.24, 2.45) is 16.3 Å². The Hall–Kier alpha value is -0.0800. The van der Waals surface area contributed by atoms with E-state index >= 15 is 0 Å². The molecular formula is C20H41IN4O. The fourth-order valence-corrected chi connectivity index (χ4v) is 4.52. The van der Waals surface area contributed by atoms with Gasteiger partial charge in [-0.05, 0) is 52.7 Å². The van der Waals surface area contributed by atoms with Crippen molar-refractivity contribution >= 4 is 29.9 Å². The van der Waals surface area contributed by atoms with Gasteiger partial charge in [0.1, 0.15) is 0 Å². The van der Waals surface area contributed by atoms with Crippen molar-refractivity contribution in [3.8, 4) is 0 Å². The van der Waals surface area contributed by atoms with Gasteiger partial charge in [-0.15, -0.1) is 24.0 Å². The van der Waals surface area contributed by atoms with E-state index in [1.54, 1.807) is 0 Å². The van der Waals surface area contributed by atoms with Gasteiger partial charge in [-0.3, -0.25) is 4.99 Å². The van der Waals surface area contributed by atoms with Crippen molar-refractivity contribution in [1.82, 2.24) is 15.5 Å². The number of hydrogen-bond acceptors (Lipinski definition) is 3. The summed E-state index contributed by atoms with van der Waals surface area (Å²) in [7, 11) is 0. The molecule has 6 heteroatoms. The molecular weight excluding hydrogens is 439 g/mol. The SMILES string of the molecule is CCN=C(NC(C)CCCN(CC)CC)NC1C2CCOC2C1(C)C.I. The molecule has 2 rings (SSSR count). The molecule has 1 aliphatic heterocycles. The molecule has 0 aromatic heterocycles. The lowest BCUT2D eigenvalue weighted by molar-refractivity contribution is -0.106. The summed E-state index contributed by atoms with van der Waals surface area (Å²) in [6.07, 6.45) is 3.98. The second-order valence-corrected chi connectivity index (χ2v) is 8.22. The minimum Gasteiger partial charge on any atom is -0.377 e. The Morgan fingerprint density at radius 2 is 1.96 bits per heavy atom. The zero-order valence-electron chi connectivity index (χ0n) is 17.7. The van der Waals surface area contributed by atoms with Crippen molar-refractivity contribution in [2.75, 3.05) is 32.8 Å². The van der Waals surface area contributed by atoms with Crippen molar-refractivity contribution < 1.29 is 4.74 Å². The van der Waals surface area contributed by atoms with Crippen molar-refractivity contribution in [3.05, 3.63) is 0 Å². The van der Waals surface area contributed by atoms with Gasteiger partial charge in [0, 0.05) is 36.6 Å². The first-order chi connectivity index (χ1) is 11.9. The van der Waals surface area contributed by atoms with Crippen LogP contribution in [0.3, 0.4) is 0 Å². The molecule has 0 bridgehead atoms. The zero-order chi connectivity index (χ0) is 18.4. The third-order valence-electron chi connectivity index (χ3n) is 6.10. The first kappa shape index (κ1) is 24.0. The van der Waals surface area contributed by atoms with Gasteiger partial charge >= 0.3 is 0 Å². The molecule has 0 aromatic carbocycles. The Morgan fingerprint density at radius 1 is 1.27 bits per heavy atom. The lowest BCUT2D eigenvalue weighted by Crippen LogP contribution is -2.68. The number of fused-ring (bicyclic) bond motifs is 1. The van der Waals surface area contributed by atoms with Crippen molar-refractivity contribution in [1.29, 1.82) is 0 Å². The van der Waals surface area contributed by atoms with Crippen LogP contribution in [0.25, 0.3) is 0 Å². The van der Waals surface area contributed by atoms with E-state index in [2.05, 4.69) is 62.1 Å². The summed E-state index contributed by atoms with van der Waals surface area (Å²) in [5, 5.41) is 7.34. The van der Waals surface area contributed by atoms with E-state index in [0.29, 0.717) is 24.1 Å². The molecule has 2 N–H and O–H groups in total. The summed E-state index contributed by atoms with van der Waals surface area (Å²) < 4.78 is 5.91. The molecule has 1 heterocycles. The van der Waals surface area contributed by atoms with Crippen LogP contribution < -0.4 is 10.6 Å². The topological polar surface area (TPSA) is 48.9 Å². The zero-order valence-corrected chi connectivity index (χ0v) is 20.0. The average Bonchev–Trinajstić information content (AvgIpc) is 3.04. The van der Waals surface area contributed by atoms with Gasteiger partial charge < -0.3 is 20.3 Å². The van der Waals surface area contributed by atoms with Gasteiger partial charge in [-0.25, -0.2) is 0 Å². The van der Waals surface area contributed by atoms with Crippen LogP contribution in [0.2, 0.25) is 0 Å². The maximum absolute atomic E-state index is 5.91. The standard InChI is InChI=1S/C20H40N4O.HI/c1-7-21-19(22-15(4)11-10-13-24(8-2)9-3)23-17-16-12-14-25-18(16)20(17,5)6;/h15-18H,7-14H2,1-6H3,(H2,21,22,23);1H. The van der Waals surface area contributed by atoms with Gasteiger partial charge in [-0.1, -0.05) is 27.7 Å². The van der Waals surface area contributed by atoms with Crippen LogP contribution in [-0.4, -0.2) is 61.8 Å². The molecule has 0 aromatic rings. The Morgan fingerprint density at radius 3 is 2.58 bits per heavy atom. The molecule has 2 fully saturated rings. The molecule has 4 unspecified atom stereocenters. The summed E-state index contributed by atoms with van der Waals surface area (Å²) in [6, 6.07) is 0.896. The lowest BCUT2D eigenvalue weighted by Gasteiger charge is -2.55. The number of hydrogen-bond donors (Lipinski definition) is 2. The fraction of sp³-hybridized carbons (Fsp3) is 0.950. The second-order valence-electron chi connectivity index (χ2n) is 8.22. The van der Waals surface area contributed by atoms with E-state index in [0.717, 1.165) is 32.2 Å². The van der Waals surface area contributed by atoms with Gasteiger partial charge in [0.15, 0.2) is 5.96 Å². The molecule has 1 aliphatic carbocycles. The summed E-state index contributed by atoms with van der Waals surface area (Å²) in [6.45, 7) is 18.7. The molecule has 0 radical (unpaired) electrons. The smallest absolute Gasteiger partial charge is 0.191 e. The number of rotatable bonds is 9. The maximum Gasteiger partial charge on any atom is 0.191 e.